The monoisotopic (exact) mass is 394 g/mol. The van der Waals surface area contributed by atoms with Crippen molar-refractivity contribution in [3.63, 3.8) is 0 Å². The Hall–Kier alpha value is -2.46. The molecular weight excluding hydrogens is 372 g/mol. The number of nitrogens with zero attached hydrogens (tertiary/aromatic N) is 4. The van der Waals surface area contributed by atoms with Gasteiger partial charge in [0.1, 0.15) is 11.4 Å². The molecule has 0 aliphatic carbocycles. The Kier molecular flexibility index (Phi) is 5.20. The van der Waals surface area contributed by atoms with Crippen LogP contribution in [0.1, 0.15) is 17.0 Å². The van der Waals surface area contributed by atoms with Crippen LogP contribution in [0, 0.1) is 24.0 Å². The van der Waals surface area contributed by atoms with Crippen LogP contribution >= 0.6 is 0 Å². The van der Waals surface area contributed by atoms with Crippen LogP contribution in [0.25, 0.3) is 0 Å². The van der Waals surface area contributed by atoms with E-state index in [1.807, 2.05) is 18.7 Å². The Labute approximate surface area is 157 Å². The summed E-state index contributed by atoms with van der Waals surface area (Å²) in [6, 6.07) is 4.09. The molecule has 2 heterocycles. The standard InChI is InChI=1S/C17H22N4O5S/c1-12-15(13(2)26-18-12)11-19-6-8-20(9-7-19)16-5-4-14(27(3,24)25)10-17(16)21(22)23/h4-5,10H,6-9,11H2,1-3H3. The van der Waals surface area contributed by atoms with Crippen LogP contribution < -0.4 is 4.90 Å². The quantitative estimate of drug-likeness (QED) is 0.559. The molecular formula is C17H22N4O5S. The molecule has 27 heavy (non-hydrogen) atoms. The van der Waals surface area contributed by atoms with Crippen molar-refractivity contribution in [2.45, 2.75) is 25.3 Å². The first-order chi connectivity index (χ1) is 12.7. The van der Waals surface area contributed by atoms with Crippen LogP contribution in [-0.4, -0.2) is 55.8 Å². The maximum Gasteiger partial charge on any atom is 0.293 e. The molecule has 9 nitrogen and oxygen atoms in total. The lowest BCUT2D eigenvalue weighted by molar-refractivity contribution is -0.384. The van der Waals surface area contributed by atoms with E-state index in [1.54, 1.807) is 0 Å². The number of hydrogen-bond donors (Lipinski definition) is 0. The topological polar surface area (TPSA) is 110 Å². The normalized spacial score (nSPS) is 15.9. The number of nitro groups is 1. The number of nitro benzene ring substituents is 1. The Morgan fingerprint density at radius 3 is 2.41 bits per heavy atom. The number of sulfone groups is 1. The van der Waals surface area contributed by atoms with Gasteiger partial charge in [-0.25, -0.2) is 8.42 Å². The van der Waals surface area contributed by atoms with Crippen molar-refractivity contribution in [1.29, 1.82) is 0 Å². The van der Waals surface area contributed by atoms with Crippen LogP contribution in [0.4, 0.5) is 11.4 Å². The molecule has 0 saturated carbocycles. The Bertz CT molecular complexity index is 942. The average molecular weight is 394 g/mol. The van der Waals surface area contributed by atoms with E-state index >= 15 is 0 Å². The number of aryl methyl sites for hydroxylation is 2. The van der Waals surface area contributed by atoms with Crippen LogP contribution in [-0.2, 0) is 16.4 Å². The van der Waals surface area contributed by atoms with Crippen molar-refractivity contribution >= 4 is 21.2 Å². The number of anilines is 1. The Morgan fingerprint density at radius 2 is 1.89 bits per heavy atom. The lowest BCUT2D eigenvalue weighted by atomic mass is 10.1. The second kappa shape index (κ2) is 7.28. The molecule has 10 heteroatoms. The summed E-state index contributed by atoms with van der Waals surface area (Å²) in [5, 5.41) is 15.4. The number of benzene rings is 1. The Balaban J connectivity index is 1.75. The molecule has 0 amide bonds. The molecule has 1 aliphatic rings. The minimum absolute atomic E-state index is 0.0463. The zero-order chi connectivity index (χ0) is 19.8. The highest BCUT2D eigenvalue weighted by Crippen LogP contribution is 2.31. The first-order valence-corrected chi connectivity index (χ1v) is 10.4. The van der Waals surface area contributed by atoms with E-state index < -0.39 is 14.8 Å². The first kappa shape index (κ1) is 19.3. The maximum absolute atomic E-state index is 11.7. The molecule has 146 valence electrons. The molecule has 1 aliphatic heterocycles. The van der Waals surface area contributed by atoms with Crippen molar-refractivity contribution in [2.75, 3.05) is 37.3 Å². The highest BCUT2D eigenvalue weighted by Gasteiger charge is 2.26. The molecule has 0 atom stereocenters. The second-order valence-electron chi connectivity index (χ2n) is 6.75. The van der Waals surface area contributed by atoms with Crippen molar-refractivity contribution in [3.05, 3.63) is 45.3 Å². The lowest BCUT2D eigenvalue weighted by Crippen LogP contribution is -2.46. The summed E-state index contributed by atoms with van der Waals surface area (Å²) in [6.07, 6.45) is 1.04. The van der Waals surface area contributed by atoms with E-state index in [0.717, 1.165) is 49.0 Å². The second-order valence-corrected chi connectivity index (χ2v) is 8.76. The van der Waals surface area contributed by atoms with Gasteiger partial charge in [-0.1, -0.05) is 5.16 Å². The molecule has 2 aromatic rings. The largest absolute Gasteiger partial charge is 0.363 e. The van der Waals surface area contributed by atoms with Gasteiger partial charge in [0.25, 0.3) is 5.69 Å². The highest BCUT2D eigenvalue weighted by atomic mass is 32.2. The fraction of sp³-hybridized carbons (Fsp3) is 0.471. The van der Waals surface area contributed by atoms with Crippen LogP contribution in [0.5, 0.6) is 0 Å². The van der Waals surface area contributed by atoms with Gasteiger partial charge in [-0.05, 0) is 26.0 Å². The summed E-state index contributed by atoms with van der Waals surface area (Å²) in [5.41, 5.74) is 2.22. The summed E-state index contributed by atoms with van der Waals surface area (Å²) in [7, 11) is -3.50. The molecule has 0 N–H and O–H groups in total. The van der Waals surface area contributed by atoms with Crippen molar-refractivity contribution in [2.24, 2.45) is 0 Å². The minimum Gasteiger partial charge on any atom is -0.363 e. The molecule has 3 rings (SSSR count). The molecule has 1 aromatic heterocycles. The smallest absolute Gasteiger partial charge is 0.293 e. The van der Waals surface area contributed by atoms with Gasteiger partial charge in [0.2, 0.25) is 0 Å². The summed E-state index contributed by atoms with van der Waals surface area (Å²) in [6.45, 7) is 7.21. The van der Waals surface area contributed by atoms with E-state index in [0.29, 0.717) is 18.8 Å². The zero-order valence-corrected chi connectivity index (χ0v) is 16.3. The molecule has 1 aromatic carbocycles. The summed E-state index contributed by atoms with van der Waals surface area (Å²) in [5.74, 6) is 0.807. The third-order valence-corrected chi connectivity index (χ3v) is 5.96. The molecule has 0 unspecified atom stereocenters. The third kappa shape index (κ3) is 4.11. The fourth-order valence-electron chi connectivity index (χ4n) is 3.25. The van der Waals surface area contributed by atoms with Gasteiger partial charge in [0.15, 0.2) is 9.84 Å². The molecule has 1 fully saturated rings. The maximum atomic E-state index is 11.7. The van der Waals surface area contributed by atoms with E-state index in [1.165, 1.54) is 12.1 Å². The van der Waals surface area contributed by atoms with Gasteiger partial charge in [0.05, 0.1) is 15.5 Å². The van der Waals surface area contributed by atoms with Gasteiger partial charge in [0, 0.05) is 50.6 Å². The van der Waals surface area contributed by atoms with Gasteiger partial charge in [-0.2, -0.15) is 0 Å². The Morgan fingerprint density at radius 1 is 1.22 bits per heavy atom. The first-order valence-electron chi connectivity index (χ1n) is 8.54. The number of aromatic nitrogens is 1. The number of rotatable bonds is 5. The average Bonchev–Trinajstić information content (AvgIpc) is 2.93. The SMILES string of the molecule is Cc1noc(C)c1CN1CCN(c2ccc(S(C)(=O)=O)cc2[N+](=O)[O-])CC1. The predicted molar refractivity (Wildman–Crippen MR) is 99.7 cm³/mol. The van der Waals surface area contributed by atoms with Crippen LogP contribution in [0.3, 0.4) is 0 Å². The zero-order valence-electron chi connectivity index (χ0n) is 15.5. The molecule has 1 saturated heterocycles. The summed E-state index contributed by atoms with van der Waals surface area (Å²) >= 11 is 0. The number of hydrogen-bond acceptors (Lipinski definition) is 8. The number of piperazine rings is 1. The van der Waals surface area contributed by atoms with E-state index in [2.05, 4.69) is 10.1 Å². The molecule has 0 radical (unpaired) electrons. The van der Waals surface area contributed by atoms with E-state index in [4.69, 9.17) is 4.52 Å². The van der Waals surface area contributed by atoms with Gasteiger partial charge in [-0.15, -0.1) is 0 Å². The van der Waals surface area contributed by atoms with E-state index in [-0.39, 0.29) is 10.6 Å². The summed E-state index contributed by atoms with van der Waals surface area (Å²) in [4.78, 5) is 15.1. The van der Waals surface area contributed by atoms with Crippen LogP contribution in [0.2, 0.25) is 0 Å². The fourth-order valence-corrected chi connectivity index (χ4v) is 3.89. The van der Waals surface area contributed by atoms with Crippen molar-refractivity contribution in [1.82, 2.24) is 10.1 Å². The lowest BCUT2D eigenvalue weighted by Gasteiger charge is -2.35. The third-order valence-electron chi connectivity index (χ3n) is 4.85. The van der Waals surface area contributed by atoms with Crippen LogP contribution in [0.15, 0.2) is 27.6 Å². The molecule has 0 bridgehead atoms. The highest BCUT2D eigenvalue weighted by molar-refractivity contribution is 7.90. The minimum atomic E-state index is -3.50. The van der Waals surface area contributed by atoms with E-state index in [9.17, 15) is 18.5 Å². The predicted octanol–water partition coefficient (Wildman–Crippen LogP) is 1.93. The van der Waals surface area contributed by atoms with Crippen molar-refractivity contribution in [3.8, 4) is 0 Å². The van der Waals surface area contributed by atoms with Gasteiger partial charge < -0.3 is 9.42 Å². The van der Waals surface area contributed by atoms with Crippen molar-refractivity contribution < 1.29 is 17.9 Å². The summed E-state index contributed by atoms with van der Waals surface area (Å²) < 4.78 is 28.6. The van der Waals surface area contributed by atoms with Gasteiger partial charge in [-0.3, -0.25) is 15.0 Å². The van der Waals surface area contributed by atoms with Gasteiger partial charge >= 0.3 is 0 Å². The molecule has 0 spiro atoms.